The molecule has 274 valence electrons. The lowest BCUT2D eigenvalue weighted by atomic mass is 9.90. The highest BCUT2D eigenvalue weighted by Crippen LogP contribution is 2.29. The van der Waals surface area contributed by atoms with Crippen LogP contribution >= 0.6 is 0 Å². The quantitative estimate of drug-likeness (QED) is 0.0557. The van der Waals surface area contributed by atoms with Crippen LogP contribution in [0, 0.1) is 0 Å². The summed E-state index contributed by atoms with van der Waals surface area (Å²) in [5.74, 6) is -3.14. The van der Waals surface area contributed by atoms with Gasteiger partial charge in [0.15, 0.2) is 12.2 Å². The first-order valence-electron chi connectivity index (χ1n) is 15.7. The van der Waals surface area contributed by atoms with Crippen LogP contribution in [0.5, 0.6) is 0 Å². The SMILES string of the molecule is C=CCOCCOCCOCCNC(=O)CN(CCOCC[C@H]1O[C@H](COC(C)=O)[C@H](OC(C)=O)[C@H](OC(C)=O)[C@H]1NC(C)=O)C(C)=O. The summed E-state index contributed by atoms with van der Waals surface area (Å²) in [6.45, 7) is 12.1. The van der Waals surface area contributed by atoms with Crippen LogP contribution in [0.4, 0.5) is 0 Å². The van der Waals surface area contributed by atoms with Crippen molar-refractivity contribution in [2.75, 3.05) is 79.1 Å². The van der Waals surface area contributed by atoms with Crippen LogP contribution in [0.25, 0.3) is 0 Å². The molecule has 2 N–H and O–H groups in total. The van der Waals surface area contributed by atoms with E-state index in [1.807, 2.05) is 0 Å². The van der Waals surface area contributed by atoms with Gasteiger partial charge in [-0.1, -0.05) is 6.08 Å². The number of nitrogens with zero attached hydrogens (tertiary/aromatic N) is 1. The minimum Gasteiger partial charge on any atom is -0.463 e. The number of rotatable bonds is 24. The molecule has 1 heterocycles. The van der Waals surface area contributed by atoms with Crippen molar-refractivity contribution in [1.29, 1.82) is 0 Å². The van der Waals surface area contributed by atoms with Crippen LogP contribution in [0.3, 0.4) is 0 Å². The van der Waals surface area contributed by atoms with E-state index in [0.29, 0.717) is 33.0 Å². The summed E-state index contributed by atoms with van der Waals surface area (Å²) in [6, 6.07) is -0.941. The van der Waals surface area contributed by atoms with Crippen molar-refractivity contribution in [3.63, 3.8) is 0 Å². The van der Waals surface area contributed by atoms with Crippen LogP contribution < -0.4 is 10.6 Å². The fourth-order valence-electron chi connectivity index (χ4n) is 4.59. The molecule has 0 aliphatic carbocycles. The molecule has 5 atom stereocenters. The first-order chi connectivity index (χ1) is 22.8. The number of hydrogen-bond acceptors (Lipinski definition) is 14. The van der Waals surface area contributed by atoms with E-state index in [1.54, 1.807) is 6.08 Å². The van der Waals surface area contributed by atoms with Crippen molar-refractivity contribution < 1.29 is 66.7 Å². The number of hydrogen-bond donors (Lipinski definition) is 2. The van der Waals surface area contributed by atoms with Crippen molar-refractivity contribution in [3.05, 3.63) is 12.7 Å². The molecule has 0 radical (unpaired) electrons. The lowest BCUT2D eigenvalue weighted by molar-refractivity contribution is -0.225. The average molecular weight is 690 g/mol. The monoisotopic (exact) mass is 689 g/mol. The largest absolute Gasteiger partial charge is 0.463 e. The number of carbonyl (C=O) groups is 6. The fraction of sp³-hybridized carbons (Fsp3) is 0.742. The van der Waals surface area contributed by atoms with Crippen molar-refractivity contribution in [1.82, 2.24) is 15.5 Å². The second-order valence-electron chi connectivity index (χ2n) is 10.7. The highest BCUT2D eigenvalue weighted by Gasteiger charge is 2.50. The van der Waals surface area contributed by atoms with Gasteiger partial charge >= 0.3 is 17.9 Å². The number of nitrogens with one attached hydrogen (secondary N) is 2. The highest BCUT2D eigenvalue weighted by molar-refractivity contribution is 5.83. The summed E-state index contributed by atoms with van der Waals surface area (Å²) < 4.78 is 43.8. The Morgan fingerprint density at radius 2 is 1.35 bits per heavy atom. The Kier molecular flexibility index (Phi) is 21.6. The molecule has 3 amide bonds. The van der Waals surface area contributed by atoms with Crippen LogP contribution in [0.2, 0.25) is 0 Å². The van der Waals surface area contributed by atoms with Crippen LogP contribution in [-0.4, -0.2) is 150 Å². The zero-order valence-electron chi connectivity index (χ0n) is 28.5. The van der Waals surface area contributed by atoms with Gasteiger partial charge < -0.3 is 53.4 Å². The van der Waals surface area contributed by atoms with Crippen molar-refractivity contribution in [2.24, 2.45) is 0 Å². The Morgan fingerprint density at radius 3 is 1.94 bits per heavy atom. The maximum atomic E-state index is 12.4. The van der Waals surface area contributed by atoms with E-state index in [2.05, 4.69) is 17.2 Å². The van der Waals surface area contributed by atoms with Gasteiger partial charge in [0.25, 0.3) is 0 Å². The zero-order valence-corrected chi connectivity index (χ0v) is 28.5. The van der Waals surface area contributed by atoms with Gasteiger partial charge in [-0.3, -0.25) is 28.8 Å². The minimum absolute atomic E-state index is 0.0758. The molecule has 0 aromatic carbocycles. The van der Waals surface area contributed by atoms with E-state index in [4.69, 9.17) is 37.9 Å². The molecule has 0 bridgehead atoms. The van der Waals surface area contributed by atoms with Crippen molar-refractivity contribution >= 4 is 35.6 Å². The smallest absolute Gasteiger partial charge is 0.303 e. The standard InChI is InChI=1S/C31H51N3O14/c1-7-11-41-15-17-44-18-16-43-13-9-32-28(40)19-34(22(3)36)10-14-42-12-8-26-29(33-21(2)35)31(47-25(6)39)30(46-24(5)38)27(48-26)20-45-23(4)37/h7,26-27,29-31H,1,8-20H2,2-6H3,(H,32,40)(H,33,35)/t26-,27-,29+,30+,31-/m1/s1. The van der Waals surface area contributed by atoms with Crippen molar-refractivity contribution in [3.8, 4) is 0 Å². The number of ether oxygens (including phenoxy) is 8. The topological polar surface area (TPSA) is 204 Å². The molecular weight excluding hydrogens is 638 g/mol. The van der Waals surface area contributed by atoms with Gasteiger partial charge in [0.2, 0.25) is 17.7 Å². The van der Waals surface area contributed by atoms with Crippen LogP contribution in [-0.2, 0) is 66.7 Å². The van der Waals surface area contributed by atoms with E-state index in [9.17, 15) is 28.8 Å². The maximum absolute atomic E-state index is 12.4. The van der Waals surface area contributed by atoms with E-state index >= 15 is 0 Å². The van der Waals surface area contributed by atoms with Gasteiger partial charge in [-0.15, -0.1) is 6.58 Å². The Hall–Kier alpha value is -3.64. The maximum Gasteiger partial charge on any atom is 0.303 e. The van der Waals surface area contributed by atoms with Gasteiger partial charge in [-0.05, 0) is 6.42 Å². The Morgan fingerprint density at radius 1 is 0.750 bits per heavy atom. The third-order valence-electron chi connectivity index (χ3n) is 6.60. The van der Waals surface area contributed by atoms with E-state index in [-0.39, 0.29) is 64.3 Å². The third kappa shape index (κ3) is 18.6. The van der Waals surface area contributed by atoms with E-state index < -0.39 is 54.3 Å². The summed E-state index contributed by atoms with van der Waals surface area (Å²) in [4.78, 5) is 73.3. The first kappa shape index (κ1) is 42.4. The molecule has 17 nitrogen and oxygen atoms in total. The van der Waals surface area contributed by atoms with Gasteiger partial charge in [0, 0.05) is 54.3 Å². The Balaban J connectivity index is 2.62. The molecule has 1 rings (SSSR count). The zero-order chi connectivity index (χ0) is 35.9. The molecule has 1 aliphatic heterocycles. The summed E-state index contributed by atoms with van der Waals surface area (Å²) in [6.07, 6.45) is -2.35. The van der Waals surface area contributed by atoms with E-state index in [0.717, 1.165) is 6.92 Å². The number of carbonyl (C=O) groups excluding carboxylic acids is 6. The predicted molar refractivity (Wildman–Crippen MR) is 167 cm³/mol. The van der Waals surface area contributed by atoms with Gasteiger partial charge in [-0.25, -0.2) is 0 Å². The third-order valence-corrected chi connectivity index (χ3v) is 6.60. The molecule has 0 unspecified atom stereocenters. The highest BCUT2D eigenvalue weighted by atomic mass is 16.6. The first-order valence-corrected chi connectivity index (χ1v) is 15.7. The lowest BCUT2D eigenvalue weighted by Crippen LogP contribution is -2.66. The molecule has 48 heavy (non-hydrogen) atoms. The molecule has 1 fully saturated rings. The Labute approximate surface area is 281 Å². The van der Waals surface area contributed by atoms with Crippen LogP contribution in [0.15, 0.2) is 12.7 Å². The molecule has 0 spiro atoms. The second kappa shape index (κ2) is 24.5. The summed E-state index contributed by atoms with van der Waals surface area (Å²) in [5.41, 5.74) is 0. The van der Waals surface area contributed by atoms with E-state index in [1.165, 1.54) is 32.6 Å². The van der Waals surface area contributed by atoms with Crippen LogP contribution in [0.1, 0.15) is 41.0 Å². The number of amides is 3. The van der Waals surface area contributed by atoms with Gasteiger partial charge in [0.05, 0.1) is 64.9 Å². The predicted octanol–water partition coefficient (Wildman–Crippen LogP) is -0.708. The van der Waals surface area contributed by atoms with Gasteiger partial charge in [0.1, 0.15) is 12.7 Å². The normalized spacial score (nSPS) is 20.2. The molecule has 1 aliphatic rings. The minimum atomic E-state index is -1.19. The molecule has 0 aromatic rings. The fourth-order valence-corrected chi connectivity index (χ4v) is 4.59. The summed E-state index contributed by atoms with van der Waals surface area (Å²) in [7, 11) is 0. The van der Waals surface area contributed by atoms with Crippen molar-refractivity contribution in [2.45, 2.75) is 71.5 Å². The molecule has 0 saturated carbocycles. The Bertz CT molecular complexity index is 1040. The molecular formula is C31H51N3O14. The summed E-state index contributed by atoms with van der Waals surface area (Å²) in [5, 5.41) is 5.39. The average Bonchev–Trinajstić information content (AvgIpc) is 3.00. The summed E-state index contributed by atoms with van der Waals surface area (Å²) >= 11 is 0. The second-order valence-corrected chi connectivity index (χ2v) is 10.7. The van der Waals surface area contributed by atoms with Gasteiger partial charge in [-0.2, -0.15) is 0 Å². The molecule has 0 aromatic heterocycles. The molecule has 1 saturated heterocycles. The number of esters is 3. The lowest BCUT2D eigenvalue weighted by Gasteiger charge is -2.45. The molecule has 17 heteroatoms.